The van der Waals surface area contributed by atoms with Crippen LogP contribution in [-0.2, 0) is 11.8 Å². The van der Waals surface area contributed by atoms with Crippen LogP contribution < -0.4 is 0 Å². The molecule has 0 spiro atoms. The summed E-state index contributed by atoms with van der Waals surface area (Å²) in [4.78, 5) is 15.4. The van der Waals surface area contributed by atoms with E-state index in [1.54, 1.807) is 27.7 Å². The Hall–Kier alpha value is -2.75. The van der Waals surface area contributed by atoms with Gasteiger partial charge in [-0.1, -0.05) is 54.2 Å². The number of rotatable bonds is 6. The van der Waals surface area contributed by atoms with Crippen molar-refractivity contribution in [3.05, 3.63) is 75.1 Å². The van der Waals surface area contributed by atoms with E-state index < -0.39 is 0 Å². The van der Waals surface area contributed by atoms with Gasteiger partial charge in [0.05, 0.1) is 22.4 Å². The summed E-state index contributed by atoms with van der Waals surface area (Å²) in [6, 6.07) is 18.0. The number of hydrogen-bond acceptors (Lipinski definition) is 7. The lowest BCUT2D eigenvalue weighted by molar-refractivity contribution is -0.130. The van der Waals surface area contributed by atoms with Gasteiger partial charge >= 0.3 is 0 Å². The van der Waals surface area contributed by atoms with E-state index in [0.29, 0.717) is 5.16 Å². The molecule has 4 aromatic rings. The SMILES string of the molecule is Cn1c(SCC(=O)N2N=C(c3cccs3)C[C@H]2c2cccs2)nnc1-c1ccccc1. The smallest absolute Gasteiger partial charge is 0.253 e. The summed E-state index contributed by atoms with van der Waals surface area (Å²) in [6.45, 7) is 0. The van der Waals surface area contributed by atoms with Crippen molar-refractivity contribution in [2.75, 3.05) is 5.75 Å². The molecule has 9 heteroatoms. The van der Waals surface area contributed by atoms with Crippen molar-refractivity contribution in [3.63, 3.8) is 0 Å². The molecule has 4 heterocycles. The van der Waals surface area contributed by atoms with Gasteiger partial charge in [0.15, 0.2) is 11.0 Å². The highest BCUT2D eigenvalue weighted by Crippen LogP contribution is 2.36. The lowest BCUT2D eigenvalue weighted by Gasteiger charge is -2.20. The summed E-state index contributed by atoms with van der Waals surface area (Å²) < 4.78 is 1.92. The summed E-state index contributed by atoms with van der Waals surface area (Å²) in [7, 11) is 1.92. The van der Waals surface area contributed by atoms with Crippen LogP contribution in [0.25, 0.3) is 11.4 Å². The van der Waals surface area contributed by atoms with Gasteiger partial charge in [-0.2, -0.15) is 5.10 Å². The van der Waals surface area contributed by atoms with Crippen LogP contribution in [0.1, 0.15) is 22.2 Å². The predicted octanol–water partition coefficient (Wildman–Crippen LogP) is 5.08. The van der Waals surface area contributed by atoms with Crippen LogP contribution in [-0.4, -0.2) is 37.1 Å². The van der Waals surface area contributed by atoms with E-state index in [0.717, 1.165) is 33.3 Å². The second kappa shape index (κ2) is 8.78. The maximum atomic E-state index is 13.2. The van der Waals surface area contributed by atoms with E-state index in [1.165, 1.54) is 11.8 Å². The molecule has 1 atom stereocenters. The van der Waals surface area contributed by atoms with Crippen LogP contribution in [0.3, 0.4) is 0 Å². The fourth-order valence-corrected chi connectivity index (χ4v) is 5.80. The van der Waals surface area contributed by atoms with Crippen LogP contribution in [0.15, 0.2) is 75.6 Å². The molecule has 6 nitrogen and oxygen atoms in total. The summed E-state index contributed by atoms with van der Waals surface area (Å²) in [5, 5.41) is 19.8. The second-order valence-corrected chi connectivity index (χ2v) is 9.89. The van der Waals surface area contributed by atoms with E-state index in [1.807, 2.05) is 64.8 Å². The number of amides is 1. The number of hydrazone groups is 1. The third-order valence-corrected chi connectivity index (χ3v) is 7.93. The first-order valence-electron chi connectivity index (χ1n) is 9.75. The average molecular weight is 466 g/mol. The molecule has 0 radical (unpaired) electrons. The Morgan fingerprint density at radius 2 is 1.87 bits per heavy atom. The molecule has 156 valence electrons. The highest BCUT2D eigenvalue weighted by Gasteiger charge is 2.34. The van der Waals surface area contributed by atoms with Crippen molar-refractivity contribution in [3.8, 4) is 11.4 Å². The standard InChI is InChI=1S/C22H19N5OS3/c1-26-21(15-7-3-2-4-8-15)23-24-22(26)31-14-20(28)27-17(19-10-6-12-30-19)13-16(25-27)18-9-5-11-29-18/h2-12,17H,13-14H2,1H3/t17-/m0/s1. The molecule has 5 rings (SSSR count). The van der Waals surface area contributed by atoms with Gasteiger partial charge in [-0.15, -0.1) is 32.9 Å². The van der Waals surface area contributed by atoms with Crippen molar-refractivity contribution in [2.24, 2.45) is 12.1 Å². The molecule has 0 saturated carbocycles. The molecule has 1 amide bonds. The van der Waals surface area contributed by atoms with Gasteiger partial charge in [0, 0.05) is 23.9 Å². The number of carbonyl (C=O) groups is 1. The molecule has 3 aromatic heterocycles. The molecule has 1 aliphatic heterocycles. The normalized spacial score (nSPS) is 16.0. The van der Waals surface area contributed by atoms with Crippen LogP contribution in [0.4, 0.5) is 0 Å². The predicted molar refractivity (Wildman–Crippen MR) is 127 cm³/mol. The minimum Gasteiger partial charge on any atom is -0.305 e. The number of nitrogens with zero attached hydrogens (tertiary/aromatic N) is 5. The fourth-order valence-electron chi connectivity index (χ4n) is 3.51. The number of thioether (sulfide) groups is 1. The van der Waals surface area contributed by atoms with Gasteiger partial charge in [-0.3, -0.25) is 4.79 Å². The van der Waals surface area contributed by atoms with E-state index in [2.05, 4.69) is 22.3 Å². The number of aromatic nitrogens is 3. The minimum atomic E-state index is -0.0513. The fraction of sp³-hybridized carbons (Fsp3) is 0.182. The third kappa shape index (κ3) is 4.08. The highest BCUT2D eigenvalue weighted by molar-refractivity contribution is 7.99. The molecule has 0 saturated heterocycles. The minimum absolute atomic E-state index is 0.0285. The number of thiophene rings is 2. The van der Waals surface area contributed by atoms with Crippen LogP contribution in [0, 0.1) is 0 Å². The Kier molecular flexibility index (Phi) is 5.71. The summed E-state index contributed by atoms with van der Waals surface area (Å²) in [6.07, 6.45) is 0.736. The lowest BCUT2D eigenvalue weighted by atomic mass is 10.1. The molecule has 0 fully saturated rings. The molecule has 0 aliphatic carbocycles. The molecule has 1 aliphatic rings. The average Bonchev–Trinajstić information content (AvgIpc) is 3.59. The first kappa shape index (κ1) is 20.2. The molecular weight excluding hydrogens is 446 g/mol. The van der Waals surface area contributed by atoms with Crippen molar-refractivity contribution in [2.45, 2.75) is 17.6 Å². The number of carbonyl (C=O) groups excluding carboxylic acids is 1. The Labute approximate surface area is 192 Å². The molecule has 0 N–H and O–H groups in total. The van der Waals surface area contributed by atoms with Crippen LogP contribution >= 0.6 is 34.4 Å². The Morgan fingerprint density at radius 3 is 2.61 bits per heavy atom. The van der Waals surface area contributed by atoms with Gasteiger partial charge in [0.2, 0.25) is 0 Å². The third-order valence-electron chi connectivity index (χ3n) is 5.03. The second-order valence-electron chi connectivity index (χ2n) is 7.02. The molecule has 0 unspecified atom stereocenters. The van der Waals surface area contributed by atoms with Gasteiger partial charge < -0.3 is 4.57 Å². The quantitative estimate of drug-likeness (QED) is 0.373. The Balaban J connectivity index is 1.34. The van der Waals surface area contributed by atoms with Gasteiger partial charge in [-0.25, -0.2) is 5.01 Å². The number of benzene rings is 1. The molecule has 31 heavy (non-hydrogen) atoms. The molecule has 1 aromatic carbocycles. The van der Waals surface area contributed by atoms with Crippen molar-refractivity contribution in [1.29, 1.82) is 0 Å². The van der Waals surface area contributed by atoms with E-state index in [-0.39, 0.29) is 17.7 Å². The first-order chi connectivity index (χ1) is 15.2. The highest BCUT2D eigenvalue weighted by atomic mass is 32.2. The molecular formula is C22H19N5OS3. The van der Waals surface area contributed by atoms with E-state index in [9.17, 15) is 4.79 Å². The zero-order valence-electron chi connectivity index (χ0n) is 16.7. The monoisotopic (exact) mass is 465 g/mol. The summed E-state index contributed by atoms with van der Waals surface area (Å²) in [5.74, 6) is 1.01. The zero-order chi connectivity index (χ0) is 21.2. The van der Waals surface area contributed by atoms with Gasteiger partial charge in [-0.05, 0) is 22.9 Å². The Morgan fingerprint density at radius 1 is 1.06 bits per heavy atom. The maximum absolute atomic E-state index is 13.2. The van der Waals surface area contributed by atoms with Crippen molar-refractivity contribution in [1.82, 2.24) is 19.8 Å². The Bertz CT molecular complexity index is 1200. The molecule has 0 bridgehead atoms. The lowest BCUT2D eigenvalue weighted by Crippen LogP contribution is -2.28. The van der Waals surface area contributed by atoms with Gasteiger partial charge in [0.25, 0.3) is 5.91 Å². The summed E-state index contributed by atoms with van der Waals surface area (Å²) in [5.41, 5.74) is 1.97. The first-order valence-corrected chi connectivity index (χ1v) is 12.5. The van der Waals surface area contributed by atoms with E-state index >= 15 is 0 Å². The maximum Gasteiger partial charge on any atom is 0.253 e. The van der Waals surface area contributed by atoms with Crippen LogP contribution in [0.5, 0.6) is 0 Å². The van der Waals surface area contributed by atoms with E-state index in [4.69, 9.17) is 5.10 Å². The van der Waals surface area contributed by atoms with Crippen molar-refractivity contribution < 1.29 is 4.79 Å². The largest absolute Gasteiger partial charge is 0.305 e. The number of hydrogen-bond donors (Lipinski definition) is 0. The zero-order valence-corrected chi connectivity index (χ0v) is 19.2. The van der Waals surface area contributed by atoms with Crippen LogP contribution in [0.2, 0.25) is 0 Å². The van der Waals surface area contributed by atoms with Crippen molar-refractivity contribution >= 4 is 46.1 Å². The summed E-state index contributed by atoms with van der Waals surface area (Å²) >= 11 is 4.71. The topological polar surface area (TPSA) is 63.4 Å². The van der Waals surface area contributed by atoms with Gasteiger partial charge in [0.1, 0.15) is 0 Å².